The molecule has 0 bridgehead atoms. The van der Waals surface area contributed by atoms with Crippen LogP contribution >= 0.6 is 0 Å². The van der Waals surface area contributed by atoms with Gasteiger partial charge in [-0.3, -0.25) is 0 Å². The van der Waals surface area contributed by atoms with Gasteiger partial charge >= 0.3 is 0 Å². The molecule has 0 aliphatic carbocycles. The zero-order chi connectivity index (χ0) is 13.3. The van der Waals surface area contributed by atoms with Gasteiger partial charge in [0.05, 0.1) is 6.10 Å². The van der Waals surface area contributed by atoms with Gasteiger partial charge in [0.2, 0.25) is 0 Å². The average molecular weight is 244 g/mol. The lowest BCUT2D eigenvalue weighted by atomic mass is 9.96. The van der Waals surface area contributed by atoms with Crippen molar-refractivity contribution < 1.29 is 9.84 Å². The zero-order valence-electron chi connectivity index (χ0n) is 11.2. The second-order valence-corrected chi connectivity index (χ2v) is 5.44. The average Bonchev–Trinajstić information content (AvgIpc) is 2.29. The Kier molecular flexibility index (Phi) is 3.31. The molecule has 2 heteroatoms. The van der Waals surface area contributed by atoms with Crippen LogP contribution in [0.2, 0.25) is 0 Å². The summed E-state index contributed by atoms with van der Waals surface area (Å²) in [6, 6.07) is 6.02. The maximum atomic E-state index is 9.94. The van der Waals surface area contributed by atoms with Gasteiger partial charge in [0, 0.05) is 12.0 Å². The quantitative estimate of drug-likeness (QED) is 0.826. The van der Waals surface area contributed by atoms with E-state index in [0.717, 1.165) is 22.4 Å². The Balaban J connectivity index is 2.34. The molecule has 0 aromatic heterocycles. The van der Waals surface area contributed by atoms with Crippen molar-refractivity contribution in [2.75, 3.05) is 0 Å². The molecule has 1 N–H and O–H groups in total. The molecule has 1 atom stereocenters. The fourth-order valence-electron chi connectivity index (χ4n) is 1.99. The molecule has 18 heavy (non-hydrogen) atoms. The summed E-state index contributed by atoms with van der Waals surface area (Å²) >= 11 is 0. The summed E-state index contributed by atoms with van der Waals surface area (Å²) in [7, 11) is 0. The topological polar surface area (TPSA) is 29.5 Å². The van der Waals surface area contributed by atoms with E-state index < -0.39 is 6.10 Å². The van der Waals surface area contributed by atoms with Crippen molar-refractivity contribution in [2.45, 2.75) is 38.9 Å². The largest absolute Gasteiger partial charge is 0.483 e. The summed E-state index contributed by atoms with van der Waals surface area (Å²) in [4.78, 5) is 0. The number of para-hydroxylation sites is 1. The highest BCUT2D eigenvalue weighted by atomic mass is 16.5. The van der Waals surface area contributed by atoms with Crippen LogP contribution in [0.5, 0.6) is 5.75 Å². The van der Waals surface area contributed by atoms with Gasteiger partial charge in [-0.05, 0) is 32.4 Å². The predicted molar refractivity (Wildman–Crippen MR) is 74.7 cm³/mol. The molecular weight excluding hydrogens is 224 g/mol. The van der Waals surface area contributed by atoms with Gasteiger partial charge in [0.1, 0.15) is 11.4 Å². The Morgan fingerprint density at radius 2 is 2.17 bits per heavy atom. The summed E-state index contributed by atoms with van der Waals surface area (Å²) < 4.78 is 6.00. The monoisotopic (exact) mass is 244 g/mol. The van der Waals surface area contributed by atoms with E-state index in [-0.39, 0.29) is 5.60 Å². The Bertz CT molecular complexity index is 498. The first-order chi connectivity index (χ1) is 8.39. The van der Waals surface area contributed by atoms with Crippen LogP contribution < -0.4 is 4.74 Å². The maximum absolute atomic E-state index is 9.94. The van der Waals surface area contributed by atoms with Crippen LogP contribution in [0.3, 0.4) is 0 Å². The van der Waals surface area contributed by atoms with Gasteiger partial charge in [-0.1, -0.05) is 36.4 Å². The molecular formula is C16H20O2. The summed E-state index contributed by atoms with van der Waals surface area (Å²) in [5.41, 5.74) is 2.58. The van der Waals surface area contributed by atoms with E-state index in [0.29, 0.717) is 6.42 Å². The standard InChI is InChI=1S/C16H20O2/c1-11(2)14(17)10-13-7-5-6-12-8-9-16(3,4)18-15(12)13/h5-9,14,17H,1,10H2,2-4H3. The van der Waals surface area contributed by atoms with E-state index in [1.54, 1.807) is 0 Å². The molecule has 2 rings (SSSR count). The molecule has 1 aromatic carbocycles. The van der Waals surface area contributed by atoms with Crippen LogP contribution in [0.25, 0.3) is 6.08 Å². The smallest absolute Gasteiger partial charge is 0.131 e. The minimum atomic E-state index is -0.519. The van der Waals surface area contributed by atoms with Crippen LogP contribution in [0.15, 0.2) is 36.4 Å². The number of ether oxygens (including phenoxy) is 1. The van der Waals surface area contributed by atoms with Gasteiger partial charge in [0.25, 0.3) is 0 Å². The molecule has 1 unspecified atom stereocenters. The molecule has 0 fully saturated rings. The van der Waals surface area contributed by atoms with E-state index in [1.807, 2.05) is 45.0 Å². The molecule has 96 valence electrons. The van der Waals surface area contributed by atoms with Gasteiger partial charge < -0.3 is 9.84 Å². The van der Waals surface area contributed by atoms with E-state index in [2.05, 4.69) is 12.7 Å². The lowest BCUT2D eigenvalue weighted by molar-refractivity contribution is 0.153. The Morgan fingerprint density at radius 1 is 1.44 bits per heavy atom. The first-order valence-corrected chi connectivity index (χ1v) is 6.23. The first-order valence-electron chi connectivity index (χ1n) is 6.23. The van der Waals surface area contributed by atoms with Crippen LogP contribution in [-0.2, 0) is 6.42 Å². The van der Waals surface area contributed by atoms with Gasteiger partial charge in [-0.2, -0.15) is 0 Å². The van der Waals surface area contributed by atoms with Crippen molar-refractivity contribution >= 4 is 6.08 Å². The summed E-state index contributed by atoms with van der Waals surface area (Å²) in [6.07, 6.45) is 4.15. The third-order valence-corrected chi connectivity index (χ3v) is 3.14. The maximum Gasteiger partial charge on any atom is 0.131 e. The summed E-state index contributed by atoms with van der Waals surface area (Å²) in [5.74, 6) is 0.880. The van der Waals surface area contributed by atoms with Crippen molar-refractivity contribution in [3.05, 3.63) is 47.6 Å². The molecule has 0 radical (unpaired) electrons. The van der Waals surface area contributed by atoms with E-state index in [1.165, 1.54) is 0 Å². The fourth-order valence-corrected chi connectivity index (χ4v) is 1.99. The normalized spacial score (nSPS) is 17.8. The second kappa shape index (κ2) is 4.62. The molecule has 2 nitrogen and oxygen atoms in total. The second-order valence-electron chi connectivity index (χ2n) is 5.44. The lowest BCUT2D eigenvalue weighted by Gasteiger charge is -2.30. The number of benzene rings is 1. The van der Waals surface area contributed by atoms with Crippen molar-refractivity contribution in [1.29, 1.82) is 0 Å². The SMILES string of the molecule is C=C(C)C(O)Cc1cccc2c1OC(C)(C)C=C2. The number of hydrogen-bond donors (Lipinski definition) is 1. The molecule has 0 amide bonds. The number of rotatable bonds is 3. The first kappa shape index (κ1) is 12.9. The minimum absolute atomic E-state index is 0.294. The highest BCUT2D eigenvalue weighted by Crippen LogP contribution is 2.34. The van der Waals surface area contributed by atoms with Crippen molar-refractivity contribution in [3.8, 4) is 5.75 Å². The molecule has 1 heterocycles. The van der Waals surface area contributed by atoms with Crippen LogP contribution in [0.1, 0.15) is 31.9 Å². The molecule has 1 aliphatic heterocycles. The van der Waals surface area contributed by atoms with Crippen molar-refractivity contribution in [1.82, 2.24) is 0 Å². The molecule has 0 saturated heterocycles. The Labute approximate surface area is 109 Å². The molecule has 0 spiro atoms. The van der Waals surface area contributed by atoms with E-state index in [9.17, 15) is 5.11 Å². The van der Waals surface area contributed by atoms with E-state index in [4.69, 9.17) is 4.74 Å². The van der Waals surface area contributed by atoms with Crippen molar-refractivity contribution in [2.24, 2.45) is 0 Å². The number of fused-ring (bicyclic) bond motifs is 1. The van der Waals surface area contributed by atoms with Gasteiger partial charge in [-0.15, -0.1) is 0 Å². The highest BCUT2D eigenvalue weighted by molar-refractivity contribution is 5.63. The number of aliphatic hydroxyl groups excluding tert-OH is 1. The van der Waals surface area contributed by atoms with Gasteiger partial charge in [0.15, 0.2) is 0 Å². The highest BCUT2D eigenvalue weighted by Gasteiger charge is 2.24. The third-order valence-electron chi connectivity index (χ3n) is 3.14. The van der Waals surface area contributed by atoms with Crippen LogP contribution in [0.4, 0.5) is 0 Å². The number of hydrogen-bond acceptors (Lipinski definition) is 2. The summed E-state index contributed by atoms with van der Waals surface area (Å²) in [6.45, 7) is 9.68. The van der Waals surface area contributed by atoms with Gasteiger partial charge in [-0.25, -0.2) is 0 Å². The van der Waals surface area contributed by atoms with Crippen molar-refractivity contribution in [3.63, 3.8) is 0 Å². The molecule has 1 aromatic rings. The van der Waals surface area contributed by atoms with Crippen LogP contribution in [0, 0.1) is 0 Å². The summed E-state index contributed by atoms with van der Waals surface area (Å²) in [5, 5.41) is 9.94. The molecule has 1 aliphatic rings. The van der Waals surface area contributed by atoms with Crippen LogP contribution in [-0.4, -0.2) is 16.8 Å². The Morgan fingerprint density at radius 3 is 2.83 bits per heavy atom. The Hall–Kier alpha value is -1.54. The lowest BCUT2D eigenvalue weighted by Crippen LogP contribution is -2.28. The minimum Gasteiger partial charge on any atom is -0.483 e. The molecule has 0 saturated carbocycles. The predicted octanol–water partition coefficient (Wildman–Crippen LogP) is 3.35. The van der Waals surface area contributed by atoms with E-state index >= 15 is 0 Å². The third kappa shape index (κ3) is 2.65. The fraction of sp³-hybridized carbons (Fsp3) is 0.375. The number of aliphatic hydroxyl groups is 1. The zero-order valence-corrected chi connectivity index (χ0v) is 11.2.